The van der Waals surface area contributed by atoms with Gasteiger partial charge in [-0.2, -0.15) is 0 Å². The van der Waals surface area contributed by atoms with E-state index in [4.69, 9.17) is 0 Å². The maximum Gasteiger partial charge on any atom is 0.253 e. The first-order valence-corrected chi connectivity index (χ1v) is 6.19. The SMILES string of the molecule is CN(CCc1nccs1)C(=O)c1ccncc1. The van der Waals surface area contributed by atoms with Crippen LogP contribution in [0.5, 0.6) is 0 Å². The molecule has 5 heteroatoms. The molecule has 2 heterocycles. The van der Waals surface area contributed by atoms with Gasteiger partial charge in [0.05, 0.1) is 5.01 Å². The number of hydrogen-bond acceptors (Lipinski definition) is 4. The normalized spacial score (nSPS) is 10.2. The summed E-state index contributed by atoms with van der Waals surface area (Å²) in [6, 6.07) is 3.45. The van der Waals surface area contributed by atoms with Crippen molar-refractivity contribution in [3.8, 4) is 0 Å². The van der Waals surface area contributed by atoms with Gasteiger partial charge in [0, 0.05) is 49.5 Å². The zero-order valence-electron chi connectivity index (χ0n) is 9.54. The summed E-state index contributed by atoms with van der Waals surface area (Å²) in [5.74, 6) is 0.0176. The van der Waals surface area contributed by atoms with Crippen LogP contribution in [0.3, 0.4) is 0 Å². The predicted octanol–water partition coefficient (Wildman–Crippen LogP) is 1.85. The van der Waals surface area contributed by atoms with Gasteiger partial charge in [0.15, 0.2) is 0 Å². The Morgan fingerprint density at radius 1 is 1.35 bits per heavy atom. The number of amides is 1. The van der Waals surface area contributed by atoms with Gasteiger partial charge in [0.2, 0.25) is 0 Å². The lowest BCUT2D eigenvalue weighted by atomic mass is 10.2. The van der Waals surface area contributed by atoms with Crippen molar-refractivity contribution in [2.45, 2.75) is 6.42 Å². The Labute approximate surface area is 104 Å². The molecule has 0 saturated carbocycles. The fourth-order valence-corrected chi connectivity index (χ4v) is 2.07. The third-order valence-electron chi connectivity index (χ3n) is 2.42. The third-order valence-corrected chi connectivity index (χ3v) is 3.26. The Morgan fingerprint density at radius 3 is 2.76 bits per heavy atom. The van der Waals surface area contributed by atoms with Crippen LogP contribution in [0.2, 0.25) is 0 Å². The highest BCUT2D eigenvalue weighted by molar-refractivity contribution is 7.09. The highest BCUT2D eigenvalue weighted by Crippen LogP contribution is 2.07. The van der Waals surface area contributed by atoms with E-state index in [9.17, 15) is 4.79 Å². The molecule has 0 aliphatic rings. The lowest BCUT2D eigenvalue weighted by Crippen LogP contribution is -2.28. The number of thiazole rings is 1. The molecule has 0 N–H and O–H groups in total. The Morgan fingerprint density at radius 2 is 2.12 bits per heavy atom. The molecule has 4 nitrogen and oxygen atoms in total. The van der Waals surface area contributed by atoms with Crippen molar-refractivity contribution >= 4 is 17.2 Å². The van der Waals surface area contributed by atoms with E-state index in [1.54, 1.807) is 54.0 Å². The second-order valence-electron chi connectivity index (χ2n) is 3.64. The van der Waals surface area contributed by atoms with Crippen molar-refractivity contribution in [1.82, 2.24) is 14.9 Å². The van der Waals surface area contributed by atoms with Crippen molar-refractivity contribution in [2.24, 2.45) is 0 Å². The summed E-state index contributed by atoms with van der Waals surface area (Å²) in [5.41, 5.74) is 0.668. The molecule has 2 rings (SSSR count). The summed E-state index contributed by atoms with van der Waals surface area (Å²) in [4.78, 5) is 21.8. The van der Waals surface area contributed by atoms with E-state index in [2.05, 4.69) is 9.97 Å². The zero-order valence-corrected chi connectivity index (χ0v) is 10.4. The van der Waals surface area contributed by atoms with Crippen LogP contribution in [0.4, 0.5) is 0 Å². The number of nitrogens with zero attached hydrogens (tertiary/aromatic N) is 3. The Balaban J connectivity index is 1.92. The van der Waals surface area contributed by atoms with Gasteiger partial charge in [-0.05, 0) is 12.1 Å². The lowest BCUT2D eigenvalue weighted by molar-refractivity contribution is 0.0796. The molecule has 0 radical (unpaired) electrons. The molecule has 0 aromatic carbocycles. The molecule has 0 spiro atoms. The second-order valence-corrected chi connectivity index (χ2v) is 4.62. The van der Waals surface area contributed by atoms with Crippen LogP contribution in [-0.2, 0) is 6.42 Å². The van der Waals surface area contributed by atoms with E-state index in [1.807, 2.05) is 5.38 Å². The van der Waals surface area contributed by atoms with Crippen molar-refractivity contribution in [3.05, 3.63) is 46.7 Å². The van der Waals surface area contributed by atoms with E-state index in [0.717, 1.165) is 11.4 Å². The summed E-state index contributed by atoms with van der Waals surface area (Å²) in [6.45, 7) is 0.675. The average molecular weight is 247 g/mol. The number of hydrogen-bond donors (Lipinski definition) is 0. The standard InChI is InChI=1S/C12H13N3OS/c1-15(8-4-11-14-7-9-17-11)12(16)10-2-5-13-6-3-10/h2-3,5-7,9H,4,8H2,1H3. The Bertz CT molecular complexity index is 470. The molecule has 0 saturated heterocycles. The first-order valence-electron chi connectivity index (χ1n) is 5.31. The summed E-state index contributed by atoms with van der Waals surface area (Å²) in [6.07, 6.45) is 5.83. The number of rotatable bonds is 4. The van der Waals surface area contributed by atoms with E-state index in [-0.39, 0.29) is 5.91 Å². The number of likely N-dealkylation sites (N-methyl/N-ethyl adjacent to an activating group) is 1. The lowest BCUT2D eigenvalue weighted by Gasteiger charge is -2.16. The number of carbonyl (C=O) groups is 1. The van der Waals surface area contributed by atoms with Crippen LogP contribution >= 0.6 is 11.3 Å². The van der Waals surface area contributed by atoms with E-state index >= 15 is 0 Å². The fraction of sp³-hybridized carbons (Fsp3) is 0.250. The first kappa shape index (κ1) is 11.7. The van der Waals surface area contributed by atoms with Crippen LogP contribution in [0.25, 0.3) is 0 Å². The molecule has 88 valence electrons. The molecule has 17 heavy (non-hydrogen) atoms. The van der Waals surface area contributed by atoms with Crippen molar-refractivity contribution < 1.29 is 4.79 Å². The van der Waals surface area contributed by atoms with Gasteiger partial charge < -0.3 is 4.90 Å². The third kappa shape index (κ3) is 3.10. The van der Waals surface area contributed by atoms with E-state index in [1.165, 1.54) is 0 Å². The van der Waals surface area contributed by atoms with Gasteiger partial charge >= 0.3 is 0 Å². The van der Waals surface area contributed by atoms with Crippen LogP contribution < -0.4 is 0 Å². The van der Waals surface area contributed by atoms with Gasteiger partial charge in [-0.3, -0.25) is 9.78 Å². The van der Waals surface area contributed by atoms with Crippen molar-refractivity contribution in [1.29, 1.82) is 0 Å². The van der Waals surface area contributed by atoms with Crippen LogP contribution in [0, 0.1) is 0 Å². The molecule has 0 fully saturated rings. The summed E-state index contributed by atoms with van der Waals surface area (Å²) < 4.78 is 0. The summed E-state index contributed by atoms with van der Waals surface area (Å²) in [7, 11) is 1.80. The number of aromatic nitrogens is 2. The fourth-order valence-electron chi connectivity index (χ4n) is 1.46. The van der Waals surface area contributed by atoms with Gasteiger partial charge in [0.25, 0.3) is 5.91 Å². The molecular weight excluding hydrogens is 234 g/mol. The molecular formula is C12H13N3OS. The predicted molar refractivity (Wildman–Crippen MR) is 67.0 cm³/mol. The van der Waals surface area contributed by atoms with Crippen LogP contribution in [0.15, 0.2) is 36.1 Å². The summed E-state index contributed by atoms with van der Waals surface area (Å²) >= 11 is 1.61. The molecule has 0 bridgehead atoms. The molecule has 2 aromatic rings. The molecule has 0 atom stereocenters. The second kappa shape index (κ2) is 5.54. The average Bonchev–Trinajstić information content (AvgIpc) is 2.89. The number of pyridine rings is 1. The quantitative estimate of drug-likeness (QED) is 0.828. The van der Waals surface area contributed by atoms with Crippen LogP contribution in [0.1, 0.15) is 15.4 Å². The molecule has 0 aliphatic carbocycles. The highest BCUT2D eigenvalue weighted by atomic mass is 32.1. The minimum absolute atomic E-state index is 0.0176. The minimum atomic E-state index is 0.0176. The van der Waals surface area contributed by atoms with Crippen molar-refractivity contribution in [2.75, 3.05) is 13.6 Å². The van der Waals surface area contributed by atoms with Gasteiger partial charge in [-0.25, -0.2) is 4.98 Å². The van der Waals surface area contributed by atoms with Crippen LogP contribution in [-0.4, -0.2) is 34.4 Å². The van der Waals surface area contributed by atoms with Gasteiger partial charge in [-0.15, -0.1) is 11.3 Å². The Hall–Kier alpha value is -1.75. The number of carbonyl (C=O) groups excluding carboxylic acids is 1. The highest BCUT2D eigenvalue weighted by Gasteiger charge is 2.11. The van der Waals surface area contributed by atoms with Gasteiger partial charge in [-0.1, -0.05) is 0 Å². The van der Waals surface area contributed by atoms with Crippen molar-refractivity contribution in [3.63, 3.8) is 0 Å². The molecule has 0 aliphatic heterocycles. The smallest absolute Gasteiger partial charge is 0.253 e. The largest absolute Gasteiger partial charge is 0.341 e. The van der Waals surface area contributed by atoms with E-state index < -0.39 is 0 Å². The maximum atomic E-state index is 12.0. The monoisotopic (exact) mass is 247 g/mol. The molecule has 1 amide bonds. The van der Waals surface area contributed by atoms with Gasteiger partial charge in [0.1, 0.15) is 0 Å². The molecule has 0 unspecified atom stereocenters. The molecule has 2 aromatic heterocycles. The summed E-state index contributed by atoms with van der Waals surface area (Å²) in [5, 5.41) is 3.00. The maximum absolute atomic E-state index is 12.0. The topological polar surface area (TPSA) is 46.1 Å². The zero-order chi connectivity index (χ0) is 12.1. The minimum Gasteiger partial charge on any atom is -0.341 e. The van der Waals surface area contributed by atoms with E-state index in [0.29, 0.717) is 12.1 Å². The first-order chi connectivity index (χ1) is 8.27. The Kier molecular flexibility index (Phi) is 3.82.